The Hall–Kier alpha value is -1.89. The molecule has 3 rings (SSSR count). The Balaban J connectivity index is 1.71. The zero-order chi connectivity index (χ0) is 17.2. The average Bonchev–Trinajstić information content (AvgIpc) is 2.94. The molecule has 0 aliphatic carbocycles. The molecule has 2 fully saturated rings. The van der Waals surface area contributed by atoms with Crippen LogP contribution in [0.15, 0.2) is 18.5 Å². The van der Waals surface area contributed by atoms with E-state index in [0.29, 0.717) is 12.6 Å². The summed E-state index contributed by atoms with van der Waals surface area (Å²) in [5.41, 5.74) is 0.228. The Labute approximate surface area is 143 Å². The second-order valence-electron chi connectivity index (χ2n) is 7.15. The van der Waals surface area contributed by atoms with Gasteiger partial charge in [0.1, 0.15) is 0 Å². The smallest absolute Gasteiger partial charge is 0.319 e. The van der Waals surface area contributed by atoms with Crippen LogP contribution in [0.25, 0.3) is 0 Å². The Bertz CT molecular complexity index is 557. The first-order chi connectivity index (χ1) is 11.5. The Morgan fingerprint density at radius 3 is 2.58 bits per heavy atom. The largest absolute Gasteiger partial charge is 0.383 e. The number of likely N-dealkylation sites (tertiary alicyclic amines) is 1. The zero-order valence-electron chi connectivity index (χ0n) is 14.8. The van der Waals surface area contributed by atoms with Crippen LogP contribution in [0, 0.1) is 5.41 Å². The van der Waals surface area contributed by atoms with Gasteiger partial charge in [0.25, 0.3) is 0 Å². The number of hydrogen-bond donors (Lipinski definition) is 0. The van der Waals surface area contributed by atoms with Gasteiger partial charge in [-0.1, -0.05) is 0 Å². The van der Waals surface area contributed by atoms with Crippen molar-refractivity contribution < 1.29 is 9.53 Å². The maximum atomic E-state index is 12.2. The first-order valence-electron chi connectivity index (χ1n) is 8.53. The van der Waals surface area contributed by atoms with Crippen LogP contribution in [0.3, 0.4) is 0 Å². The fourth-order valence-electron chi connectivity index (χ4n) is 4.00. The predicted molar refractivity (Wildman–Crippen MR) is 92.0 cm³/mol. The van der Waals surface area contributed by atoms with Gasteiger partial charge in [-0.25, -0.2) is 14.8 Å². The molecule has 24 heavy (non-hydrogen) atoms. The Morgan fingerprint density at radius 1 is 1.33 bits per heavy atom. The normalized spacial score (nSPS) is 22.9. The van der Waals surface area contributed by atoms with E-state index in [1.807, 2.05) is 25.1 Å². The van der Waals surface area contributed by atoms with Gasteiger partial charge in [0.2, 0.25) is 5.95 Å². The molecule has 1 aromatic heterocycles. The van der Waals surface area contributed by atoms with Gasteiger partial charge in [0.05, 0.1) is 12.6 Å². The lowest BCUT2D eigenvalue weighted by molar-refractivity contribution is 0.108. The molecule has 2 aliphatic heterocycles. The van der Waals surface area contributed by atoms with Crippen molar-refractivity contribution in [1.29, 1.82) is 0 Å². The van der Waals surface area contributed by atoms with Gasteiger partial charge >= 0.3 is 6.03 Å². The first kappa shape index (κ1) is 17.0. The number of urea groups is 1. The third-order valence-electron chi connectivity index (χ3n) is 5.26. The third kappa shape index (κ3) is 3.31. The van der Waals surface area contributed by atoms with Crippen LogP contribution in [-0.4, -0.2) is 79.3 Å². The van der Waals surface area contributed by atoms with Gasteiger partial charge in [-0.2, -0.15) is 0 Å². The number of hydrogen-bond acceptors (Lipinski definition) is 5. The molecule has 0 N–H and O–H groups in total. The van der Waals surface area contributed by atoms with Crippen LogP contribution in [0.1, 0.15) is 19.3 Å². The summed E-state index contributed by atoms with van der Waals surface area (Å²) < 4.78 is 5.43. The van der Waals surface area contributed by atoms with Crippen molar-refractivity contribution in [2.75, 3.05) is 52.3 Å². The fraction of sp³-hybridized carbons (Fsp3) is 0.706. The van der Waals surface area contributed by atoms with E-state index in [1.165, 1.54) is 0 Å². The molecule has 0 bridgehead atoms. The molecule has 7 nitrogen and oxygen atoms in total. The molecule has 2 aliphatic rings. The molecular formula is C17H27N5O2. The second-order valence-corrected chi connectivity index (χ2v) is 7.15. The topological polar surface area (TPSA) is 61.8 Å². The van der Waals surface area contributed by atoms with E-state index in [2.05, 4.69) is 14.9 Å². The SMILES string of the molecule is COC[C@@H]1CC2(CCN(C(=O)N(C)C)CC2)CN1c1ncccn1. The van der Waals surface area contributed by atoms with E-state index in [0.717, 1.165) is 44.8 Å². The van der Waals surface area contributed by atoms with Crippen molar-refractivity contribution in [2.24, 2.45) is 5.41 Å². The highest BCUT2D eigenvalue weighted by Crippen LogP contribution is 2.44. The number of carbonyl (C=O) groups excluding carboxylic acids is 1. The van der Waals surface area contributed by atoms with Crippen LogP contribution in [-0.2, 0) is 4.74 Å². The minimum absolute atomic E-state index is 0.111. The molecule has 3 heterocycles. The van der Waals surface area contributed by atoms with Crippen molar-refractivity contribution >= 4 is 12.0 Å². The van der Waals surface area contributed by atoms with Crippen molar-refractivity contribution in [1.82, 2.24) is 19.8 Å². The van der Waals surface area contributed by atoms with Crippen LogP contribution in [0.2, 0.25) is 0 Å². The van der Waals surface area contributed by atoms with E-state index in [9.17, 15) is 4.79 Å². The highest BCUT2D eigenvalue weighted by atomic mass is 16.5. The zero-order valence-corrected chi connectivity index (χ0v) is 14.8. The summed E-state index contributed by atoms with van der Waals surface area (Å²) in [5.74, 6) is 0.781. The van der Waals surface area contributed by atoms with Crippen LogP contribution >= 0.6 is 0 Å². The summed E-state index contributed by atoms with van der Waals surface area (Å²) in [6.07, 6.45) is 6.69. The second kappa shape index (κ2) is 6.93. The molecule has 0 unspecified atom stereocenters. The number of rotatable bonds is 3. The average molecular weight is 333 g/mol. The molecule has 2 amide bonds. The highest BCUT2D eigenvalue weighted by molar-refractivity contribution is 5.73. The van der Waals surface area contributed by atoms with Gasteiger partial charge in [0, 0.05) is 53.2 Å². The molecule has 0 saturated carbocycles. The molecule has 2 saturated heterocycles. The van der Waals surface area contributed by atoms with E-state index in [1.54, 1.807) is 24.4 Å². The van der Waals surface area contributed by atoms with Crippen LogP contribution < -0.4 is 4.90 Å². The Kier molecular flexibility index (Phi) is 4.89. The minimum atomic E-state index is 0.111. The summed E-state index contributed by atoms with van der Waals surface area (Å²) in [5, 5.41) is 0. The van der Waals surface area contributed by atoms with Gasteiger partial charge in [-0.15, -0.1) is 0 Å². The van der Waals surface area contributed by atoms with Gasteiger partial charge in [0.15, 0.2) is 0 Å². The number of aromatic nitrogens is 2. The van der Waals surface area contributed by atoms with Gasteiger partial charge in [-0.05, 0) is 30.7 Å². The number of nitrogens with zero attached hydrogens (tertiary/aromatic N) is 5. The maximum absolute atomic E-state index is 12.2. The van der Waals surface area contributed by atoms with Crippen LogP contribution in [0.4, 0.5) is 10.7 Å². The molecule has 1 spiro atoms. The molecule has 7 heteroatoms. The fourth-order valence-corrected chi connectivity index (χ4v) is 4.00. The van der Waals surface area contributed by atoms with Crippen molar-refractivity contribution in [3.8, 4) is 0 Å². The quantitative estimate of drug-likeness (QED) is 0.838. The lowest BCUT2D eigenvalue weighted by atomic mass is 9.76. The number of methoxy groups -OCH3 is 1. The lowest BCUT2D eigenvalue weighted by Crippen LogP contribution is -2.47. The van der Waals surface area contributed by atoms with Crippen LogP contribution in [0.5, 0.6) is 0 Å². The molecule has 1 atom stereocenters. The highest BCUT2D eigenvalue weighted by Gasteiger charge is 2.46. The summed E-state index contributed by atoms with van der Waals surface area (Å²) in [4.78, 5) is 26.9. The third-order valence-corrected chi connectivity index (χ3v) is 5.26. The van der Waals surface area contributed by atoms with Gasteiger partial charge in [-0.3, -0.25) is 0 Å². The Morgan fingerprint density at radius 2 is 2.00 bits per heavy atom. The first-order valence-corrected chi connectivity index (χ1v) is 8.53. The van der Waals surface area contributed by atoms with Crippen molar-refractivity contribution in [2.45, 2.75) is 25.3 Å². The van der Waals surface area contributed by atoms with Gasteiger partial charge < -0.3 is 19.4 Å². The van der Waals surface area contributed by atoms with E-state index in [4.69, 9.17) is 4.74 Å². The van der Waals surface area contributed by atoms with E-state index < -0.39 is 0 Å². The standard InChI is InChI=1S/C17H27N5O2/c1-20(2)16(23)21-9-5-17(6-10-21)11-14(12-24-3)22(13-17)15-18-7-4-8-19-15/h4,7-8,14H,5-6,9-13H2,1-3H3/t14-/m0/s1. The summed E-state index contributed by atoms with van der Waals surface area (Å²) in [7, 11) is 5.37. The molecule has 0 aromatic carbocycles. The number of amides is 2. The maximum Gasteiger partial charge on any atom is 0.319 e. The van der Waals surface area contributed by atoms with E-state index in [-0.39, 0.29) is 11.4 Å². The van der Waals surface area contributed by atoms with Crippen molar-refractivity contribution in [3.63, 3.8) is 0 Å². The predicted octanol–water partition coefficient (Wildman–Crippen LogP) is 1.47. The molecule has 132 valence electrons. The number of carbonyl (C=O) groups is 1. The minimum Gasteiger partial charge on any atom is -0.383 e. The number of anilines is 1. The summed E-state index contributed by atoms with van der Waals surface area (Å²) in [6, 6.07) is 2.25. The summed E-state index contributed by atoms with van der Waals surface area (Å²) in [6.45, 7) is 3.26. The number of ether oxygens (including phenoxy) is 1. The molecular weight excluding hydrogens is 306 g/mol. The molecule has 0 radical (unpaired) electrons. The molecule has 1 aromatic rings. The number of piperidine rings is 1. The monoisotopic (exact) mass is 333 g/mol. The van der Waals surface area contributed by atoms with E-state index >= 15 is 0 Å². The lowest BCUT2D eigenvalue weighted by Gasteiger charge is -2.40. The van der Waals surface area contributed by atoms with Crippen molar-refractivity contribution in [3.05, 3.63) is 18.5 Å². The summed E-state index contributed by atoms with van der Waals surface area (Å²) >= 11 is 0.